The van der Waals surface area contributed by atoms with Crippen LogP contribution >= 0.6 is 11.6 Å². The van der Waals surface area contributed by atoms with Gasteiger partial charge in [0.2, 0.25) is 5.91 Å². The highest BCUT2D eigenvalue weighted by Gasteiger charge is 2.27. The van der Waals surface area contributed by atoms with Gasteiger partial charge in [0.15, 0.2) is 0 Å². The summed E-state index contributed by atoms with van der Waals surface area (Å²) in [6.45, 7) is 3.55. The minimum atomic E-state index is -0.288. The molecule has 3 aromatic rings. The van der Waals surface area contributed by atoms with E-state index in [1.165, 1.54) is 0 Å². The Morgan fingerprint density at radius 3 is 2.45 bits per heavy atom. The van der Waals surface area contributed by atoms with E-state index in [1.807, 2.05) is 72.8 Å². The number of amides is 1. The van der Waals surface area contributed by atoms with Gasteiger partial charge in [0.1, 0.15) is 5.75 Å². The molecule has 1 fully saturated rings. The van der Waals surface area contributed by atoms with Crippen molar-refractivity contribution in [2.75, 3.05) is 26.2 Å². The number of ether oxygens (including phenoxy) is 1. The third-order valence-electron chi connectivity index (χ3n) is 6.06. The lowest BCUT2D eigenvalue weighted by Crippen LogP contribution is -2.42. The smallest absolute Gasteiger partial charge is 0.224 e. The molecule has 1 aromatic heterocycles. The van der Waals surface area contributed by atoms with E-state index in [-0.39, 0.29) is 17.9 Å². The third kappa shape index (κ3) is 6.80. The Balaban J connectivity index is 1.27. The normalized spacial score (nSPS) is 15.7. The maximum Gasteiger partial charge on any atom is 0.224 e. The molecule has 1 aliphatic rings. The number of para-hydroxylation sites is 1. The first-order valence-corrected chi connectivity index (χ1v) is 11.9. The molecule has 4 rings (SSSR count). The fourth-order valence-corrected chi connectivity index (χ4v) is 4.33. The number of piperidine rings is 1. The van der Waals surface area contributed by atoms with Gasteiger partial charge in [-0.3, -0.25) is 9.78 Å². The molecule has 1 aliphatic heterocycles. The van der Waals surface area contributed by atoms with Crippen LogP contribution in [-0.2, 0) is 4.79 Å². The molecular weight excluding hydrogens is 434 g/mol. The predicted octanol–water partition coefficient (Wildman–Crippen LogP) is 5.12. The molecule has 6 heteroatoms. The summed E-state index contributed by atoms with van der Waals surface area (Å²) in [6.07, 6.45) is 4.45. The van der Waals surface area contributed by atoms with E-state index >= 15 is 0 Å². The number of carbonyl (C=O) groups excluding carboxylic acids is 1. The van der Waals surface area contributed by atoms with Crippen molar-refractivity contribution >= 4 is 17.5 Å². The summed E-state index contributed by atoms with van der Waals surface area (Å²) >= 11 is 6.06. The predicted molar refractivity (Wildman–Crippen MR) is 131 cm³/mol. The average Bonchev–Trinajstić information content (AvgIpc) is 2.87. The first-order chi connectivity index (χ1) is 16.2. The zero-order valence-electron chi connectivity index (χ0n) is 18.7. The highest BCUT2D eigenvalue weighted by Crippen LogP contribution is 2.25. The van der Waals surface area contributed by atoms with Crippen LogP contribution in [0.1, 0.15) is 36.6 Å². The number of hydrogen-bond acceptors (Lipinski definition) is 4. The van der Waals surface area contributed by atoms with E-state index < -0.39 is 0 Å². The summed E-state index contributed by atoms with van der Waals surface area (Å²) in [5.74, 6) is 1.02. The van der Waals surface area contributed by atoms with Gasteiger partial charge in [-0.2, -0.15) is 0 Å². The van der Waals surface area contributed by atoms with Gasteiger partial charge in [-0.05, 0) is 74.3 Å². The molecule has 1 atom stereocenters. The minimum absolute atomic E-state index is 0.0142. The average molecular weight is 464 g/mol. The Hall–Kier alpha value is -2.89. The second-order valence-electron chi connectivity index (χ2n) is 8.38. The summed E-state index contributed by atoms with van der Waals surface area (Å²) in [5, 5.41) is 3.91. The SMILES string of the molecule is O=C(NC(c1ccc(Cl)cc1)c1ccccn1)C1CCN(CCCOc2ccccc2)CC1. The van der Waals surface area contributed by atoms with Gasteiger partial charge in [-0.25, -0.2) is 0 Å². The topological polar surface area (TPSA) is 54.5 Å². The van der Waals surface area contributed by atoms with Gasteiger partial charge < -0.3 is 15.0 Å². The van der Waals surface area contributed by atoms with E-state index in [4.69, 9.17) is 16.3 Å². The van der Waals surface area contributed by atoms with Crippen LogP contribution in [0.2, 0.25) is 5.02 Å². The number of aromatic nitrogens is 1. The van der Waals surface area contributed by atoms with Crippen molar-refractivity contribution in [3.05, 3.63) is 95.3 Å². The van der Waals surface area contributed by atoms with Crippen LogP contribution in [0.15, 0.2) is 79.0 Å². The monoisotopic (exact) mass is 463 g/mol. The molecule has 1 N–H and O–H groups in total. The number of carbonyl (C=O) groups is 1. The molecule has 1 unspecified atom stereocenters. The lowest BCUT2D eigenvalue weighted by molar-refractivity contribution is -0.127. The van der Waals surface area contributed by atoms with Crippen LogP contribution in [0.4, 0.5) is 0 Å². The van der Waals surface area contributed by atoms with Crippen LogP contribution in [-0.4, -0.2) is 42.0 Å². The molecule has 33 heavy (non-hydrogen) atoms. The number of halogens is 1. The number of rotatable bonds is 9. The Morgan fingerprint density at radius 1 is 1.03 bits per heavy atom. The highest BCUT2D eigenvalue weighted by atomic mass is 35.5. The quantitative estimate of drug-likeness (QED) is 0.447. The number of nitrogens with one attached hydrogen (secondary N) is 1. The lowest BCUT2D eigenvalue weighted by atomic mass is 9.94. The Labute approximate surface area is 200 Å². The van der Waals surface area contributed by atoms with Crippen LogP contribution in [0.25, 0.3) is 0 Å². The number of nitrogens with zero attached hydrogens (tertiary/aromatic N) is 2. The van der Waals surface area contributed by atoms with E-state index in [9.17, 15) is 4.79 Å². The molecule has 2 heterocycles. The maximum atomic E-state index is 13.1. The van der Waals surface area contributed by atoms with Crippen molar-refractivity contribution in [2.45, 2.75) is 25.3 Å². The van der Waals surface area contributed by atoms with E-state index in [0.717, 1.165) is 55.9 Å². The molecule has 0 aliphatic carbocycles. The fraction of sp³-hybridized carbons (Fsp3) is 0.333. The first-order valence-electron chi connectivity index (χ1n) is 11.6. The van der Waals surface area contributed by atoms with Gasteiger partial charge >= 0.3 is 0 Å². The van der Waals surface area contributed by atoms with E-state index in [1.54, 1.807) is 6.20 Å². The van der Waals surface area contributed by atoms with Crippen molar-refractivity contribution in [1.82, 2.24) is 15.2 Å². The molecular formula is C27H30ClN3O2. The summed E-state index contributed by atoms with van der Waals surface area (Å²) < 4.78 is 5.79. The minimum Gasteiger partial charge on any atom is -0.494 e. The molecule has 2 aromatic carbocycles. The van der Waals surface area contributed by atoms with Crippen molar-refractivity contribution < 1.29 is 9.53 Å². The number of hydrogen-bond donors (Lipinski definition) is 1. The van der Waals surface area contributed by atoms with Gasteiger partial charge in [0.25, 0.3) is 0 Å². The van der Waals surface area contributed by atoms with Crippen molar-refractivity contribution in [2.24, 2.45) is 5.92 Å². The Morgan fingerprint density at radius 2 is 1.76 bits per heavy atom. The summed E-state index contributed by atoms with van der Waals surface area (Å²) in [7, 11) is 0. The largest absolute Gasteiger partial charge is 0.494 e. The van der Waals surface area contributed by atoms with Gasteiger partial charge in [-0.15, -0.1) is 0 Å². The maximum absolute atomic E-state index is 13.1. The lowest BCUT2D eigenvalue weighted by Gasteiger charge is -2.32. The van der Waals surface area contributed by atoms with Gasteiger partial charge in [0.05, 0.1) is 18.3 Å². The molecule has 1 saturated heterocycles. The molecule has 172 valence electrons. The summed E-state index contributed by atoms with van der Waals surface area (Å²) in [6, 6.07) is 23.0. The fourth-order valence-electron chi connectivity index (χ4n) is 4.20. The molecule has 1 amide bonds. The summed E-state index contributed by atoms with van der Waals surface area (Å²) in [4.78, 5) is 20.1. The third-order valence-corrected chi connectivity index (χ3v) is 6.31. The number of pyridine rings is 1. The van der Waals surface area contributed by atoms with Crippen molar-refractivity contribution in [3.8, 4) is 5.75 Å². The molecule has 5 nitrogen and oxygen atoms in total. The zero-order chi connectivity index (χ0) is 22.9. The zero-order valence-corrected chi connectivity index (χ0v) is 19.5. The van der Waals surface area contributed by atoms with Crippen LogP contribution < -0.4 is 10.1 Å². The van der Waals surface area contributed by atoms with Crippen LogP contribution in [0, 0.1) is 5.92 Å². The van der Waals surface area contributed by atoms with E-state index in [0.29, 0.717) is 11.6 Å². The molecule has 0 radical (unpaired) electrons. The van der Waals surface area contributed by atoms with Crippen LogP contribution in [0.5, 0.6) is 5.75 Å². The van der Waals surface area contributed by atoms with Crippen molar-refractivity contribution in [1.29, 1.82) is 0 Å². The Kier molecular flexibility index (Phi) is 8.34. The summed E-state index contributed by atoms with van der Waals surface area (Å²) in [5.41, 5.74) is 1.80. The molecule has 0 bridgehead atoms. The highest BCUT2D eigenvalue weighted by molar-refractivity contribution is 6.30. The number of benzene rings is 2. The van der Waals surface area contributed by atoms with Crippen molar-refractivity contribution in [3.63, 3.8) is 0 Å². The second kappa shape index (κ2) is 11.8. The molecule has 0 spiro atoms. The second-order valence-corrected chi connectivity index (χ2v) is 8.82. The number of likely N-dealkylation sites (tertiary alicyclic amines) is 1. The van der Waals surface area contributed by atoms with Crippen LogP contribution in [0.3, 0.4) is 0 Å². The standard InChI is InChI=1S/C27H30ClN3O2/c28-23-12-10-21(11-13-23)26(25-9-4-5-16-29-25)30-27(32)22-14-18-31(19-15-22)17-6-20-33-24-7-2-1-3-8-24/h1-5,7-13,16,22,26H,6,14-15,17-20H2,(H,30,32). The molecule has 0 saturated carbocycles. The van der Waals surface area contributed by atoms with Gasteiger partial charge in [0, 0.05) is 23.7 Å². The first kappa shape index (κ1) is 23.3. The Bertz CT molecular complexity index is 991. The van der Waals surface area contributed by atoms with Gasteiger partial charge in [-0.1, -0.05) is 48.0 Å². The van der Waals surface area contributed by atoms with E-state index in [2.05, 4.69) is 15.2 Å².